The average Bonchev–Trinajstić information content (AvgIpc) is 1.85. The van der Waals surface area contributed by atoms with Gasteiger partial charge in [-0.05, 0) is 11.8 Å². The zero-order valence-electron chi connectivity index (χ0n) is 7.62. The Hall–Kier alpha value is -0.500. The number of carboxylic acids is 1. The molecule has 0 aliphatic carbocycles. The van der Waals surface area contributed by atoms with Crippen molar-refractivity contribution in [1.29, 1.82) is 0 Å². The molecule has 0 spiro atoms. The maximum atomic E-state index is 10.8. The highest BCUT2D eigenvalue weighted by molar-refractivity contribution is 6.25. The minimum absolute atomic E-state index is 0.0139. The summed E-state index contributed by atoms with van der Waals surface area (Å²) in [6.45, 7) is 5.66. The number of carbonyl (C=O) groups is 1. The van der Waals surface area contributed by atoms with Crippen molar-refractivity contribution < 1.29 is 9.90 Å². The maximum absolute atomic E-state index is 10.8. The summed E-state index contributed by atoms with van der Waals surface area (Å²) in [6.07, 6.45) is 1.71. The van der Waals surface area contributed by atoms with E-state index < -0.39 is 5.97 Å². The zero-order valence-corrected chi connectivity index (χ0v) is 8.38. The summed E-state index contributed by atoms with van der Waals surface area (Å²) in [4.78, 5) is 10.8. The van der Waals surface area contributed by atoms with E-state index in [9.17, 15) is 4.79 Å². The van der Waals surface area contributed by atoms with Gasteiger partial charge < -0.3 is 5.11 Å². The van der Waals surface area contributed by atoms with Crippen molar-refractivity contribution in [3.05, 3.63) is 11.6 Å². The lowest BCUT2D eigenvalue weighted by atomic mass is 9.85. The molecule has 3 heteroatoms. The summed E-state index contributed by atoms with van der Waals surface area (Å²) < 4.78 is 0. The molecule has 0 aromatic heterocycles. The van der Waals surface area contributed by atoms with Crippen LogP contribution in [-0.4, -0.2) is 11.1 Å². The monoisotopic (exact) mass is 190 g/mol. The second-order valence-electron chi connectivity index (χ2n) is 3.29. The smallest absolute Gasteiger partial charge is 0.307 e. The van der Waals surface area contributed by atoms with Gasteiger partial charge in [0.1, 0.15) is 0 Å². The van der Waals surface area contributed by atoms with Crippen LogP contribution in [-0.2, 0) is 4.79 Å². The molecule has 1 N–H and O–H groups in total. The molecule has 2 unspecified atom stereocenters. The fraction of sp³-hybridized carbons (Fsp3) is 0.667. The third-order valence-corrected chi connectivity index (χ3v) is 2.09. The van der Waals surface area contributed by atoms with Crippen molar-refractivity contribution in [3.8, 4) is 0 Å². The molecule has 0 aromatic rings. The van der Waals surface area contributed by atoms with E-state index >= 15 is 0 Å². The highest BCUT2D eigenvalue weighted by Crippen LogP contribution is 2.22. The minimum Gasteiger partial charge on any atom is -0.481 e. The van der Waals surface area contributed by atoms with Gasteiger partial charge in [0.25, 0.3) is 0 Å². The third kappa shape index (κ3) is 3.26. The first kappa shape index (κ1) is 11.5. The molecule has 0 amide bonds. The molecular formula is C9H15ClO2. The molecule has 12 heavy (non-hydrogen) atoms. The summed E-state index contributed by atoms with van der Waals surface area (Å²) in [5.41, 5.74) is 1.38. The summed E-state index contributed by atoms with van der Waals surface area (Å²) in [5.74, 6) is -0.988. The van der Waals surface area contributed by atoms with Crippen molar-refractivity contribution in [3.63, 3.8) is 0 Å². The Balaban J connectivity index is 4.40. The Morgan fingerprint density at radius 3 is 2.17 bits per heavy atom. The molecule has 0 saturated carbocycles. The average molecular weight is 191 g/mol. The van der Waals surface area contributed by atoms with Crippen LogP contribution in [0.2, 0.25) is 0 Å². The van der Waals surface area contributed by atoms with Gasteiger partial charge in [0, 0.05) is 5.54 Å². The minimum atomic E-state index is -0.757. The summed E-state index contributed by atoms with van der Waals surface area (Å²) >= 11 is 5.38. The highest BCUT2D eigenvalue weighted by atomic mass is 35.5. The molecule has 0 aromatic carbocycles. The van der Waals surface area contributed by atoms with Crippen molar-refractivity contribution in [2.75, 3.05) is 0 Å². The van der Waals surface area contributed by atoms with Gasteiger partial charge in [0.05, 0.1) is 5.92 Å². The number of halogens is 1. The summed E-state index contributed by atoms with van der Waals surface area (Å²) in [7, 11) is 0. The first-order valence-electron chi connectivity index (χ1n) is 4.00. The number of carboxylic acid groups (broad SMARTS) is 1. The Morgan fingerprint density at radius 2 is 1.92 bits per heavy atom. The van der Waals surface area contributed by atoms with E-state index in [1.165, 1.54) is 5.54 Å². The number of aliphatic carboxylic acids is 1. The fourth-order valence-corrected chi connectivity index (χ4v) is 1.58. The van der Waals surface area contributed by atoms with Crippen LogP contribution < -0.4 is 0 Å². The summed E-state index contributed by atoms with van der Waals surface area (Å²) in [5, 5.41) is 8.86. The quantitative estimate of drug-likeness (QED) is 0.740. The van der Waals surface area contributed by atoms with Crippen molar-refractivity contribution in [1.82, 2.24) is 0 Å². The molecule has 0 aliphatic rings. The molecule has 0 bridgehead atoms. The van der Waals surface area contributed by atoms with Crippen LogP contribution >= 0.6 is 11.6 Å². The van der Waals surface area contributed by atoms with Crippen LogP contribution in [0.4, 0.5) is 0 Å². The second kappa shape index (κ2) is 5.20. The normalized spacial score (nSPS) is 16.8. The number of hydrogen-bond acceptors (Lipinski definition) is 1. The van der Waals surface area contributed by atoms with Gasteiger partial charge in [-0.15, -0.1) is 0 Å². The maximum Gasteiger partial charge on any atom is 0.307 e. The Labute approximate surface area is 78.2 Å². The van der Waals surface area contributed by atoms with E-state index in [1.807, 2.05) is 20.8 Å². The zero-order chi connectivity index (χ0) is 9.72. The number of hydrogen-bond donors (Lipinski definition) is 1. The van der Waals surface area contributed by atoms with Crippen LogP contribution in [0.1, 0.15) is 20.8 Å². The van der Waals surface area contributed by atoms with Gasteiger partial charge in [-0.3, -0.25) is 4.79 Å². The Kier molecular flexibility index (Phi) is 4.98. The highest BCUT2D eigenvalue weighted by Gasteiger charge is 2.25. The topological polar surface area (TPSA) is 37.3 Å². The fourth-order valence-electron chi connectivity index (χ4n) is 1.35. The van der Waals surface area contributed by atoms with Crippen molar-refractivity contribution in [2.45, 2.75) is 20.8 Å². The van der Waals surface area contributed by atoms with E-state index in [1.54, 1.807) is 6.08 Å². The van der Waals surface area contributed by atoms with E-state index in [-0.39, 0.29) is 17.8 Å². The molecule has 0 radical (unpaired) electrons. The van der Waals surface area contributed by atoms with Crippen LogP contribution in [0.3, 0.4) is 0 Å². The van der Waals surface area contributed by atoms with E-state index in [4.69, 9.17) is 16.7 Å². The lowest BCUT2D eigenvalue weighted by molar-refractivity contribution is -0.144. The SMILES string of the molecule is CC(C)C(C(=O)O)C(C)C=CCl. The molecule has 0 saturated heterocycles. The number of rotatable bonds is 4. The molecule has 0 aliphatic heterocycles. The Bertz CT molecular complexity index is 175. The first-order valence-corrected chi connectivity index (χ1v) is 4.44. The van der Waals surface area contributed by atoms with Gasteiger partial charge in [0.2, 0.25) is 0 Å². The molecule has 0 rings (SSSR count). The van der Waals surface area contributed by atoms with Gasteiger partial charge in [0.15, 0.2) is 0 Å². The van der Waals surface area contributed by atoms with E-state index in [0.717, 1.165) is 0 Å². The first-order chi connectivity index (χ1) is 5.50. The molecule has 2 atom stereocenters. The lowest BCUT2D eigenvalue weighted by Crippen LogP contribution is -2.25. The van der Waals surface area contributed by atoms with Gasteiger partial charge in [-0.2, -0.15) is 0 Å². The Morgan fingerprint density at radius 1 is 1.42 bits per heavy atom. The standard InChI is InChI=1S/C9H15ClO2/c1-6(2)8(9(11)12)7(3)4-5-10/h4-8H,1-3H3,(H,11,12). The number of allylic oxidation sites excluding steroid dienone is 1. The van der Waals surface area contributed by atoms with Crippen molar-refractivity contribution >= 4 is 17.6 Å². The van der Waals surface area contributed by atoms with Crippen LogP contribution in [0.25, 0.3) is 0 Å². The van der Waals surface area contributed by atoms with E-state index in [2.05, 4.69) is 0 Å². The second-order valence-corrected chi connectivity index (χ2v) is 3.54. The van der Waals surface area contributed by atoms with Gasteiger partial charge in [-0.1, -0.05) is 38.4 Å². The molecule has 2 nitrogen and oxygen atoms in total. The molecule has 0 heterocycles. The van der Waals surface area contributed by atoms with Gasteiger partial charge in [-0.25, -0.2) is 0 Å². The predicted octanol–water partition coefficient (Wildman–Crippen LogP) is 2.73. The third-order valence-electron chi connectivity index (χ3n) is 1.95. The van der Waals surface area contributed by atoms with Crippen molar-refractivity contribution in [2.24, 2.45) is 17.8 Å². The van der Waals surface area contributed by atoms with E-state index in [0.29, 0.717) is 0 Å². The van der Waals surface area contributed by atoms with Gasteiger partial charge >= 0.3 is 5.97 Å². The summed E-state index contributed by atoms with van der Waals surface area (Å²) in [6, 6.07) is 0. The van der Waals surface area contributed by atoms with Crippen LogP contribution in [0.15, 0.2) is 11.6 Å². The molecular weight excluding hydrogens is 176 g/mol. The lowest BCUT2D eigenvalue weighted by Gasteiger charge is -2.20. The predicted molar refractivity (Wildman–Crippen MR) is 50.1 cm³/mol. The molecule has 70 valence electrons. The molecule has 0 fully saturated rings. The van der Waals surface area contributed by atoms with Crippen LogP contribution in [0.5, 0.6) is 0 Å². The largest absolute Gasteiger partial charge is 0.481 e. The van der Waals surface area contributed by atoms with Crippen LogP contribution in [0, 0.1) is 17.8 Å².